The van der Waals surface area contributed by atoms with E-state index in [4.69, 9.17) is 5.14 Å². The number of fused-ring (bicyclic) bond motifs is 1. The number of nitrogens with two attached hydrogens (primary N) is 1. The van der Waals surface area contributed by atoms with Gasteiger partial charge in [-0.1, -0.05) is 11.3 Å². The summed E-state index contributed by atoms with van der Waals surface area (Å²) in [5, 5.41) is 22.3. The molecule has 0 fully saturated rings. The molecular formula is C16H14N8O2S2. The summed E-state index contributed by atoms with van der Waals surface area (Å²) in [4.78, 5) is 4.62. The van der Waals surface area contributed by atoms with E-state index in [1.165, 1.54) is 23.5 Å². The van der Waals surface area contributed by atoms with Gasteiger partial charge in [0.2, 0.25) is 15.0 Å². The zero-order chi connectivity index (χ0) is 19.7. The number of aryl methyl sites for hydroxylation is 1. The van der Waals surface area contributed by atoms with E-state index in [1.54, 1.807) is 29.0 Å². The van der Waals surface area contributed by atoms with Gasteiger partial charge in [0.25, 0.3) is 0 Å². The second-order valence-corrected chi connectivity index (χ2v) is 8.26. The lowest BCUT2D eigenvalue weighted by Gasteiger charge is -2.03. The van der Waals surface area contributed by atoms with Crippen LogP contribution in [-0.2, 0) is 10.0 Å². The van der Waals surface area contributed by atoms with E-state index in [1.807, 2.05) is 19.1 Å². The van der Waals surface area contributed by atoms with Crippen LogP contribution in [0.15, 0.2) is 58.8 Å². The van der Waals surface area contributed by atoms with Crippen LogP contribution in [0.2, 0.25) is 0 Å². The van der Waals surface area contributed by atoms with Crippen molar-refractivity contribution in [2.75, 3.05) is 5.43 Å². The summed E-state index contributed by atoms with van der Waals surface area (Å²) in [6.07, 6.45) is 3.36. The third-order valence-corrected chi connectivity index (χ3v) is 5.71. The summed E-state index contributed by atoms with van der Waals surface area (Å²) < 4.78 is 24.9. The Morgan fingerprint density at radius 2 is 1.82 bits per heavy atom. The normalized spacial score (nSPS) is 12.4. The van der Waals surface area contributed by atoms with Crippen molar-refractivity contribution >= 4 is 32.0 Å². The monoisotopic (exact) mass is 414 g/mol. The van der Waals surface area contributed by atoms with Crippen LogP contribution < -0.4 is 15.2 Å². The van der Waals surface area contributed by atoms with Gasteiger partial charge in [-0.05, 0) is 43.3 Å². The van der Waals surface area contributed by atoms with Gasteiger partial charge >= 0.3 is 0 Å². The summed E-state index contributed by atoms with van der Waals surface area (Å²) in [6, 6.07) is 9.64. The lowest BCUT2D eigenvalue weighted by Crippen LogP contribution is -2.13. The highest BCUT2D eigenvalue weighted by atomic mass is 32.2. The van der Waals surface area contributed by atoms with Crippen molar-refractivity contribution in [1.82, 2.24) is 24.8 Å². The summed E-state index contributed by atoms with van der Waals surface area (Å²) in [5.74, 6) is 0.620. The topological polar surface area (TPSA) is 141 Å². The highest BCUT2D eigenvalue weighted by Gasteiger charge is 2.11. The largest absolute Gasteiger partial charge is 0.277 e. The quantitative estimate of drug-likeness (QED) is 0.477. The van der Waals surface area contributed by atoms with E-state index in [0.717, 1.165) is 5.56 Å². The number of hydrogen-bond acceptors (Lipinski definition) is 9. The molecule has 1 aromatic carbocycles. The van der Waals surface area contributed by atoms with Gasteiger partial charge in [-0.15, -0.1) is 10.2 Å². The standard InChI is InChI=1S/C16H14N8O2S2/c1-10-15(21-19-12-2-4-13(5-3-12)28(17,25)26)27-16-22-20-14(24(16)23-10)11-6-8-18-9-7-11/h2-9,19H,1H3,(H2,17,25,26)/b21-15+. The van der Waals surface area contributed by atoms with Crippen LogP contribution in [0.1, 0.15) is 5.69 Å². The minimum absolute atomic E-state index is 0.0345. The number of hydrogen-bond donors (Lipinski definition) is 2. The molecule has 0 amide bonds. The highest BCUT2D eigenvalue weighted by Crippen LogP contribution is 2.17. The number of aromatic nitrogens is 5. The molecule has 0 unspecified atom stereocenters. The van der Waals surface area contributed by atoms with Gasteiger partial charge in [0.15, 0.2) is 10.5 Å². The average molecular weight is 414 g/mol. The number of nitrogens with one attached hydrogen (secondary N) is 1. The Kier molecular flexibility index (Phi) is 4.58. The lowest BCUT2D eigenvalue weighted by molar-refractivity contribution is 0.598. The molecule has 10 nitrogen and oxygen atoms in total. The fourth-order valence-corrected chi connectivity index (χ4v) is 3.66. The first kappa shape index (κ1) is 18.2. The van der Waals surface area contributed by atoms with E-state index in [9.17, 15) is 8.42 Å². The number of nitrogens with zero attached hydrogens (tertiary/aromatic N) is 6. The second-order valence-electron chi connectivity index (χ2n) is 5.74. The molecule has 12 heteroatoms. The van der Waals surface area contributed by atoms with Gasteiger partial charge in [-0.25, -0.2) is 13.6 Å². The van der Waals surface area contributed by atoms with Gasteiger partial charge in [0.1, 0.15) is 0 Å². The van der Waals surface area contributed by atoms with Crippen molar-refractivity contribution in [1.29, 1.82) is 0 Å². The molecule has 0 atom stereocenters. The Morgan fingerprint density at radius 1 is 1.11 bits per heavy atom. The zero-order valence-corrected chi connectivity index (χ0v) is 16.1. The van der Waals surface area contributed by atoms with Crippen LogP contribution in [-0.4, -0.2) is 33.2 Å². The fraction of sp³-hybridized carbons (Fsp3) is 0.0625. The molecule has 4 rings (SSSR count). The van der Waals surface area contributed by atoms with Crippen molar-refractivity contribution in [2.24, 2.45) is 10.2 Å². The first-order valence-corrected chi connectivity index (χ1v) is 10.3. The maximum atomic E-state index is 11.3. The van der Waals surface area contributed by atoms with Crippen LogP contribution in [0.3, 0.4) is 0 Å². The molecule has 0 radical (unpaired) electrons. The van der Waals surface area contributed by atoms with Crippen molar-refractivity contribution in [3.8, 4) is 11.4 Å². The summed E-state index contributed by atoms with van der Waals surface area (Å²) in [6.45, 7) is 1.83. The molecule has 3 heterocycles. The fourth-order valence-electron chi connectivity index (χ4n) is 2.39. The third kappa shape index (κ3) is 3.60. The number of anilines is 1. The molecule has 0 aliphatic heterocycles. The summed E-state index contributed by atoms with van der Waals surface area (Å²) >= 11 is 1.32. The van der Waals surface area contributed by atoms with E-state index < -0.39 is 10.0 Å². The Morgan fingerprint density at radius 3 is 2.50 bits per heavy atom. The maximum absolute atomic E-state index is 11.3. The first-order chi connectivity index (χ1) is 13.4. The number of benzene rings is 1. The Bertz CT molecular complexity index is 1310. The lowest BCUT2D eigenvalue weighted by atomic mass is 10.2. The van der Waals surface area contributed by atoms with E-state index >= 15 is 0 Å². The van der Waals surface area contributed by atoms with Gasteiger partial charge in [-0.3, -0.25) is 10.4 Å². The van der Waals surface area contributed by atoms with E-state index in [2.05, 4.69) is 30.8 Å². The Balaban J connectivity index is 1.67. The van der Waals surface area contributed by atoms with Crippen molar-refractivity contribution < 1.29 is 8.42 Å². The smallest absolute Gasteiger partial charge is 0.238 e. The number of primary sulfonamides is 1. The second kappa shape index (κ2) is 7.07. The minimum atomic E-state index is -3.73. The van der Waals surface area contributed by atoms with E-state index in [0.29, 0.717) is 26.8 Å². The molecule has 3 N–H and O–H groups in total. The predicted octanol–water partition coefficient (Wildman–Crippen LogP) is 1.13. The molecule has 0 aliphatic rings. The summed E-state index contributed by atoms with van der Waals surface area (Å²) in [7, 11) is -3.73. The molecule has 142 valence electrons. The predicted molar refractivity (Wildman–Crippen MR) is 104 cm³/mol. The first-order valence-electron chi connectivity index (χ1n) is 7.98. The highest BCUT2D eigenvalue weighted by molar-refractivity contribution is 7.89. The van der Waals surface area contributed by atoms with Gasteiger partial charge < -0.3 is 0 Å². The average Bonchev–Trinajstić information content (AvgIpc) is 3.09. The van der Waals surface area contributed by atoms with Crippen molar-refractivity contribution in [2.45, 2.75) is 11.8 Å². The molecule has 0 saturated carbocycles. The van der Waals surface area contributed by atoms with Crippen LogP contribution in [0.4, 0.5) is 5.69 Å². The Labute approximate surface area is 163 Å². The van der Waals surface area contributed by atoms with Gasteiger partial charge in [0, 0.05) is 18.0 Å². The van der Waals surface area contributed by atoms with Crippen LogP contribution in [0.5, 0.6) is 0 Å². The van der Waals surface area contributed by atoms with Crippen LogP contribution >= 0.6 is 11.3 Å². The van der Waals surface area contributed by atoms with Gasteiger partial charge in [-0.2, -0.15) is 14.7 Å². The Hall–Kier alpha value is -3.22. The molecule has 0 spiro atoms. The third-order valence-electron chi connectivity index (χ3n) is 3.77. The number of sulfonamides is 1. The van der Waals surface area contributed by atoms with Crippen LogP contribution in [0, 0.1) is 6.92 Å². The molecular weight excluding hydrogens is 400 g/mol. The molecule has 28 heavy (non-hydrogen) atoms. The van der Waals surface area contributed by atoms with Crippen molar-refractivity contribution in [3.05, 3.63) is 59.2 Å². The van der Waals surface area contributed by atoms with Crippen LogP contribution in [0.25, 0.3) is 16.3 Å². The SMILES string of the molecule is Cc1nn2c(-c3ccncc3)nnc2s/c1=N/Nc1ccc(S(N)(=O)=O)cc1. The van der Waals surface area contributed by atoms with E-state index in [-0.39, 0.29) is 4.90 Å². The zero-order valence-electron chi connectivity index (χ0n) is 14.5. The molecule has 0 aliphatic carbocycles. The maximum Gasteiger partial charge on any atom is 0.238 e. The van der Waals surface area contributed by atoms with Gasteiger partial charge in [0.05, 0.1) is 16.3 Å². The molecule has 0 bridgehead atoms. The molecule has 0 saturated heterocycles. The number of rotatable bonds is 4. The number of pyridine rings is 1. The molecule has 4 aromatic rings. The van der Waals surface area contributed by atoms with Crippen molar-refractivity contribution in [3.63, 3.8) is 0 Å². The molecule has 3 aromatic heterocycles. The minimum Gasteiger partial charge on any atom is -0.277 e. The summed E-state index contributed by atoms with van der Waals surface area (Å²) in [5.41, 5.74) is 5.03.